The van der Waals surface area contributed by atoms with Gasteiger partial charge in [0.05, 0.1) is 22.2 Å². The van der Waals surface area contributed by atoms with E-state index in [1.165, 1.54) is 12.1 Å². The average Bonchev–Trinajstić information content (AvgIpc) is 3.32. The minimum Gasteiger partial charge on any atom is -0.424 e. The number of amides is 1. The summed E-state index contributed by atoms with van der Waals surface area (Å²) in [6.45, 7) is 0. The first-order valence-corrected chi connectivity index (χ1v) is 12.2. The first kappa shape index (κ1) is 21.6. The molecule has 1 fully saturated rings. The highest BCUT2D eigenvalue weighted by Gasteiger charge is 2.45. The first-order chi connectivity index (χ1) is 17.1. The SMILES string of the molecule is O=C(Cc1nnc(Cc2nc3ccc(-c4ccccc4)cc3s2)o1)NC1(c2ccc(F)cc2)CC1. The van der Waals surface area contributed by atoms with E-state index in [-0.39, 0.29) is 24.0 Å². The summed E-state index contributed by atoms with van der Waals surface area (Å²) < 4.78 is 20.1. The Morgan fingerprint density at radius 3 is 2.51 bits per heavy atom. The number of carbonyl (C=O) groups excluding carboxylic acids is 1. The third-order valence-electron chi connectivity index (χ3n) is 6.19. The molecule has 2 heterocycles. The predicted octanol–water partition coefficient (Wildman–Crippen LogP) is 5.42. The zero-order chi connectivity index (χ0) is 23.8. The molecule has 0 spiro atoms. The van der Waals surface area contributed by atoms with Crippen LogP contribution in [0.15, 0.2) is 77.2 Å². The van der Waals surface area contributed by atoms with Crippen LogP contribution in [0.2, 0.25) is 0 Å². The predicted molar refractivity (Wildman–Crippen MR) is 131 cm³/mol. The van der Waals surface area contributed by atoms with Gasteiger partial charge in [-0.25, -0.2) is 9.37 Å². The minimum atomic E-state index is -0.423. The van der Waals surface area contributed by atoms with E-state index in [0.29, 0.717) is 12.3 Å². The van der Waals surface area contributed by atoms with Gasteiger partial charge in [-0.3, -0.25) is 4.79 Å². The number of hydrogen-bond donors (Lipinski definition) is 1. The fraction of sp³-hybridized carbons (Fsp3) is 0.185. The number of halogens is 1. The number of carbonyl (C=O) groups is 1. The van der Waals surface area contributed by atoms with E-state index in [2.05, 4.69) is 39.8 Å². The van der Waals surface area contributed by atoms with Crippen LogP contribution < -0.4 is 5.32 Å². The van der Waals surface area contributed by atoms with Crippen molar-refractivity contribution < 1.29 is 13.6 Å². The monoisotopic (exact) mass is 484 g/mol. The molecule has 1 saturated carbocycles. The molecule has 0 saturated heterocycles. The fourth-order valence-electron chi connectivity index (χ4n) is 4.25. The van der Waals surface area contributed by atoms with Gasteiger partial charge in [-0.2, -0.15) is 0 Å². The van der Waals surface area contributed by atoms with Crippen molar-refractivity contribution in [3.8, 4) is 11.1 Å². The molecule has 6 nitrogen and oxygen atoms in total. The van der Waals surface area contributed by atoms with Crippen molar-refractivity contribution in [3.63, 3.8) is 0 Å². The van der Waals surface area contributed by atoms with E-state index in [1.54, 1.807) is 23.5 Å². The lowest BCUT2D eigenvalue weighted by Crippen LogP contribution is -2.35. The molecule has 1 aliphatic carbocycles. The quantitative estimate of drug-likeness (QED) is 0.333. The van der Waals surface area contributed by atoms with Crippen LogP contribution in [0.5, 0.6) is 0 Å². The topological polar surface area (TPSA) is 80.9 Å². The molecule has 174 valence electrons. The third kappa shape index (κ3) is 4.57. The number of thiazole rings is 1. The van der Waals surface area contributed by atoms with Crippen LogP contribution >= 0.6 is 11.3 Å². The summed E-state index contributed by atoms with van der Waals surface area (Å²) in [5, 5.41) is 12.1. The summed E-state index contributed by atoms with van der Waals surface area (Å²) >= 11 is 1.59. The summed E-state index contributed by atoms with van der Waals surface area (Å²) in [4.78, 5) is 17.3. The number of rotatable bonds is 7. The molecule has 1 amide bonds. The Morgan fingerprint density at radius 1 is 0.971 bits per heavy atom. The maximum absolute atomic E-state index is 13.2. The molecule has 0 aliphatic heterocycles. The second-order valence-corrected chi connectivity index (χ2v) is 9.85. The molecular weight excluding hydrogens is 463 g/mol. The van der Waals surface area contributed by atoms with E-state index < -0.39 is 5.54 Å². The Hall–Kier alpha value is -3.91. The second kappa shape index (κ2) is 8.70. The van der Waals surface area contributed by atoms with Crippen molar-refractivity contribution in [2.45, 2.75) is 31.2 Å². The lowest BCUT2D eigenvalue weighted by molar-refractivity contribution is -0.121. The third-order valence-corrected chi connectivity index (χ3v) is 7.21. The first-order valence-electron chi connectivity index (χ1n) is 11.4. The van der Waals surface area contributed by atoms with Gasteiger partial charge in [-0.1, -0.05) is 48.5 Å². The molecule has 8 heteroatoms. The van der Waals surface area contributed by atoms with E-state index in [0.717, 1.165) is 44.8 Å². The molecule has 6 rings (SSSR count). The van der Waals surface area contributed by atoms with E-state index in [9.17, 15) is 9.18 Å². The number of benzene rings is 3. The Labute approximate surface area is 204 Å². The smallest absolute Gasteiger partial charge is 0.230 e. The molecular formula is C27H21FN4O2S. The zero-order valence-corrected chi connectivity index (χ0v) is 19.5. The normalized spacial score (nSPS) is 14.2. The molecule has 3 aromatic carbocycles. The number of fused-ring (bicyclic) bond motifs is 1. The van der Waals surface area contributed by atoms with Gasteiger partial charge < -0.3 is 9.73 Å². The van der Waals surface area contributed by atoms with Crippen LogP contribution in [0.1, 0.15) is 35.2 Å². The summed E-state index contributed by atoms with van der Waals surface area (Å²) in [5.74, 6) is 0.198. The van der Waals surface area contributed by atoms with E-state index >= 15 is 0 Å². The van der Waals surface area contributed by atoms with Gasteiger partial charge in [0.1, 0.15) is 17.2 Å². The number of nitrogens with zero attached hydrogens (tertiary/aromatic N) is 3. The molecule has 1 N–H and O–H groups in total. The number of nitrogens with one attached hydrogen (secondary N) is 1. The lowest BCUT2D eigenvalue weighted by atomic mass is 10.0. The minimum absolute atomic E-state index is 0.00375. The van der Waals surface area contributed by atoms with Crippen molar-refractivity contribution in [1.29, 1.82) is 0 Å². The molecule has 0 radical (unpaired) electrons. The highest BCUT2D eigenvalue weighted by molar-refractivity contribution is 7.18. The van der Waals surface area contributed by atoms with Crippen molar-refractivity contribution in [1.82, 2.24) is 20.5 Å². The largest absolute Gasteiger partial charge is 0.424 e. The molecule has 35 heavy (non-hydrogen) atoms. The maximum Gasteiger partial charge on any atom is 0.230 e. The number of hydrogen-bond acceptors (Lipinski definition) is 6. The van der Waals surface area contributed by atoms with Crippen molar-refractivity contribution in [2.75, 3.05) is 0 Å². The highest BCUT2D eigenvalue weighted by Crippen LogP contribution is 2.45. The van der Waals surface area contributed by atoms with Crippen LogP contribution in [0, 0.1) is 5.82 Å². The fourth-order valence-corrected chi connectivity index (χ4v) is 5.24. The molecule has 0 bridgehead atoms. The Balaban J connectivity index is 1.11. The molecule has 0 atom stereocenters. The van der Waals surface area contributed by atoms with Gasteiger partial charge in [0, 0.05) is 0 Å². The highest BCUT2D eigenvalue weighted by atomic mass is 32.1. The Bertz CT molecular complexity index is 1510. The molecule has 2 aromatic heterocycles. The second-order valence-electron chi connectivity index (χ2n) is 8.74. The van der Waals surface area contributed by atoms with Gasteiger partial charge in [0.25, 0.3) is 0 Å². The average molecular weight is 485 g/mol. The van der Waals surface area contributed by atoms with Gasteiger partial charge in [-0.15, -0.1) is 21.5 Å². The van der Waals surface area contributed by atoms with Gasteiger partial charge in [0.2, 0.25) is 17.7 Å². The Kier molecular flexibility index (Phi) is 5.37. The van der Waals surface area contributed by atoms with E-state index in [4.69, 9.17) is 9.40 Å². The van der Waals surface area contributed by atoms with Gasteiger partial charge in [0.15, 0.2) is 0 Å². The zero-order valence-electron chi connectivity index (χ0n) is 18.7. The van der Waals surface area contributed by atoms with Crippen molar-refractivity contribution in [3.05, 3.63) is 101 Å². The summed E-state index contributed by atoms with van der Waals surface area (Å²) in [7, 11) is 0. The molecule has 0 unspecified atom stereocenters. The summed E-state index contributed by atoms with van der Waals surface area (Å²) in [5.41, 5.74) is 3.72. The van der Waals surface area contributed by atoms with Crippen LogP contribution in [0.25, 0.3) is 21.3 Å². The maximum atomic E-state index is 13.2. The van der Waals surface area contributed by atoms with Crippen LogP contribution in [-0.2, 0) is 23.2 Å². The van der Waals surface area contributed by atoms with Crippen LogP contribution in [0.3, 0.4) is 0 Å². The van der Waals surface area contributed by atoms with Crippen LogP contribution in [-0.4, -0.2) is 21.1 Å². The van der Waals surface area contributed by atoms with Gasteiger partial charge in [-0.05, 0) is 53.8 Å². The van der Waals surface area contributed by atoms with Crippen molar-refractivity contribution in [2.24, 2.45) is 0 Å². The Morgan fingerprint density at radius 2 is 1.74 bits per heavy atom. The lowest BCUT2D eigenvalue weighted by Gasteiger charge is -2.17. The van der Waals surface area contributed by atoms with E-state index in [1.807, 2.05) is 24.3 Å². The number of aromatic nitrogens is 3. The summed E-state index contributed by atoms with van der Waals surface area (Å²) in [6, 6.07) is 22.7. The van der Waals surface area contributed by atoms with Crippen molar-refractivity contribution >= 4 is 27.5 Å². The summed E-state index contributed by atoms with van der Waals surface area (Å²) in [6.07, 6.45) is 2.05. The molecule has 1 aliphatic rings. The standard InChI is InChI=1S/C27H21FN4O2S/c28-20-9-7-19(8-10-20)27(12-13-27)30-23(33)15-24-31-32-25(34-24)16-26-29-21-11-6-18(14-22(21)35-26)17-4-2-1-3-5-17/h1-11,14H,12-13,15-16H2,(H,30,33). The van der Waals surface area contributed by atoms with Crippen LogP contribution in [0.4, 0.5) is 4.39 Å². The molecule has 5 aromatic rings. The van der Waals surface area contributed by atoms with Gasteiger partial charge >= 0.3 is 0 Å².